The molecule has 2 heterocycles. The second-order valence-electron chi connectivity index (χ2n) is 6.25. The van der Waals surface area contributed by atoms with Crippen LogP contribution in [-0.4, -0.2) is 33.1 Å². The highest BCUT2D eigenvalue weighted by molar-refractivity contribution is 7.09. The van der Waals surface area contributed by atoms with E-state index in [2.05, 4.69) is 10.1 Å². The first-order valence-corrected chi connectivity index (χ1v) is 9.68. The van der Waals surface area contributed by atoms with Gasteiger partial charge in [-0.05, 0) is 18.6 Å². The van der Waals surface area contributed by atoms with Crippen molar-refractivity contribution in [1.29, 1.82) is 5.26 Å². The summed E-state index contributed by atoms with van der Waals surface area (Å²) >= 11 is 1.24. The Labute approximate surface area is 171 Å². The predicted octanol–water partition coefficient (Wildman–Crippen LogP) is 3.13. The fraction of sp³-hybridized carbons (Fsp3) is 0.190. The van der Waals surface area contributed by atoms with Gasteiger partial charge >= 0.3 is 5.97 Å². The Bertz CT molecular complexity index is 1060. The molecule has 0 bridgehead atoms. The molecular weight excluding hydrogens is 388 g/mol. The number of thiazole rings is 1. The number of aromatic nitrogens is 3. The molecule has 0 unspecified atom stereocenters. The minimum absolute atomic E-state index is 0.410. The van der Waals surface area contributed by atoms with Crippen LogP contribution in [0.5, 0.6) is 0 Å². The number of carbonyl (C=O) groups is 2. The number of nitriles is 1. The number of esters is 1. The van der Waals surface area contributed by atoms with Gasteiger partial charge in [0.15, 0.2) is 18.3 Å². The maximum atomic E-state index is 12.2. The molecule has 0 aliphatic carbocycles. The van der Waals surface area contributed by atoms with E-state index in [0.717, 1.165) is 16.8 Å². The van der Waals surface area contributed by atoms with Gasteiger partial charge in [0, 0.05) is 28.9 Å². The van der Waals surface area contributed by atoms with Crippen LogP contribution in [0.3, 0.4) is 0 Å². The Morgan fingerprint density at radius 3 is 2.83 bits per heavy atom. The van der Waals surface area contributed by atoms with Crippen LogP contribution in [-0.2, 0) is 20.9 Å². The van der Waals surface area contributed by atoms with Gasteiger partial charge < -0.3 is 4.74 Å². The molecule has 2 aromatic heterocycles. The standard InChI is InChI=1S/C21H18N4O3S/c1-15-14-29-21(24-15)18(9-22)19(26)13-28-20(27)8-7-17-10-23-25(12-17)11-16-5-3-2-4-6-16/h2-8,10,12,14,18H,11,13H2,1H3/b8-7+/t18-/m1/s1. The number of Topliss-reactive ketones (excluding diaryl/α,β-unsaturated/α-hetero) is 1. The van der Waals surface area contributed by atoms with E-state index >= 15 is 0 Å². The summed E-state index contributed by atoms with van der Waals surface area (Å²) in [6.07, 6.45) is 6.23. The quantitative estimate of drug-likeness (QED) is 0.421. The highest BCUT2D eigenvalue weighted by atomic mass is 32.1. The van der Waals surface area contributed by atoms with Crippen molar-refractivity contribution in [2.75, 3.05) is 6.61 Å². The van der Waals surface area contributed by atoms with Crippen LogP contribution in [0, 0.1) is 18.3 Å². The van der Waals surface area contributed by atoms with Gasteiger partial charge in [-0.3, -0.25) is 9.48 Å². The molecule has 3 rings (SSSR count). The normalized spacial score (nSPS) is 11.9. The Balaban J connectivity index is 1.51. The fourth-order valence-corrected chi connectivity index (χ4v) is 3.39. The predicted molar refractivity (Wildman–Crippen MR) is 108 cm³/mol. The van der Waals surface area contributed by atoms with Crippen molar-refractivity contribution in [2.24, 2.45) is 0 Å². The number of carbonyl (C=O) groups excluding carboxylic acids is 2. The summed E-state index contributed by atoms with van der Waals surface area (Å²) in [6.45, 7) is 1.93. The Morgan fingerprint density at radius 2 is 2.14 bits per heavy atom. The lowest BCUT2D eigenvalue weighted by Gasteiger charge is -2.05. The zero-order valence-corrected chi connectivity index (χ0v) is 16.5. The average molecular weight is 406 g/mol. The zero-order valence-electron chi connectivity index (χ0n) is 15.7. The maximum absolute atomic E-state index is 12.2. The lowest BCUT2D eigenvalue weighted by molar-refractivity contribution is -0.143. The number of rotatable bonds is 8. The summed E-state index contributed by atoms with van der Waals surface area (Å²) in [5.74, 6) is -2.19. The summed E-state index contributed by atoms with van der Waals surface area (Å²) in [5, 5.41) is 15.6. The van der Waals surface area contributed by atoms with Gasteiger partial charge in [-0.15, -0.1) is 11.3 Å². The first kappa shape index (κ1) is 20.2. The van der Waals surface area contributed by atoms with Crippen molar-refractivity contribution in [2.45, 2.75) is 19.4 Å². The van der Waals surface area contributed by atoms with Crippen molar-refractivity contribution in [3.63, 3.8) is 0 Å². The molecule has 0 saturated heterocycles. The molecule has 1 aromatic carbocycles. The van der Waals surface area contributed by atoms with Gasteiger partial charge in [-0.25, -0.2) is 9.78 Å². The van der Waals surface area contributed by atoms with Gasteiger partial charge in [-0.2, -0.15) is 10.4 Å². The van der Waals surface area contributed by atoms with Crippen LogP contribution < -0.4 is 0 Å². The maximum Gasteiger partial charge on any atom is 0.331 e. The van der Waals surface area contributed by atoms with Crippen molar-refractivity contribution in [1.82, 2.24) is 14.8 Å². The summed E-state index contributed by atoms with van der Waals surface area (Å²) < 4.78 is 6.72. The van der Waals surface area contributed by atoms with Gasteiger partial charge in [0.25, 0.3) is 0 Å². The zero-order chi connectivity index (χ0) is 20.6. The molecule has 0 fully saturated rings. The van der Waals surface area contributed by atoms with Crippen molar-refractivity contribution in [3.05, 3.63) is 76.0 Å². The fourth-order valence-electron chi connectivity index (χ4n) is 2.53. The van der Waals surface area contributed by atoms with Crippen LogP contribution in [0.4, 0.5) is 0 Å². The van der Waals surface area contributed by atoms with E-state index in [1.54, 1.807) is 35.5 Å². The van der Waals surface area contributed by atoms with E-state index < -0.39 is 24.3 Å². The second kappa shape index (κ2) is 9.57. The van der Waals surface area contributed by atoms with Gasteiger partial charge in [0.1, 0.15) is 5.01 Å². The minimum atomic E-state index is -1.03. The SMILES string of the molecule is Cc1csc([C@H](C#N)C(=O)COC(=O)/C=C/c2cnn(Cc3ccccc3)c2)n1. The average Bonchev–Trinajstić information content (AvgIpc) is 3.35. The Morgan fingerprint density at radius 1 is 1.34 bits per heavy atom. The molecule has 146 valence electrons. The van der Waals surface area contributed by atoms with Gasteiger partial charge in [0.05, 0.1) is 18.8 Å². The van der Waals surface area contributed by atoms with Crippen molar-refractivity contribution in [3.8, 4) is 6.07 Å². The number of nitrogens with zero attached hydrogens (tertiary/aromatic N) is 4. The molecule has 0 spiro atoms. The molecule has 3 aromatic rings. The van der Waals surface area contributed by atoms with E-state index in [-0.39, 0.29) is 0 Å². The van der Waals surface area contributed by atoms with E-state index in [1.165, 1.54) is 17.4 Å². The number of ether oxygens (including phenoxy) is 1. The molecule has 0 amide bonds. The van der Waals surface area contributed by atoms with E-state index in [0.29, 0.717) is 11.6 Å². The summed E-state index contributed by atoms with van der Waals surface area (Å²) in [5.41, 5.74) is 2.59. The highest BCUT2D eigenvalue weighted by Gasteiger charge is 2.24. The van der Waals surface area contributed by atoms with Crippen LogP contribution in [0.15, 0.2) is 54.2 Å². The number of hydrogen-bond acceptors (Lipinski definition) is 7. The molecular formula is C21H18N4O3S. The first-order chi connectivity index (χ1) is 14.0. The van der Waals surface area contributed by atoms with Crippen molar-refractivity contribution < 1.29 is 14.3 Å². The largest absolute Gasteiger partial charge is 0.454 e. The van der Waals surface area contributed by atoms with E-state index in [9.17, 15) is 14.9 Å². The molecule has 1 atom stereocenters. The highest BCUT2D eigenvalue weighted by Crippen LogP contribution is 2.20. The molecule has 29 heavy (non-hydrogen) atoms. The van der Waals surface area contributed by atoms with Crippen LogP contribution in [0.1, 0.15) is 27.7 Å². The second-order valence-corrected chi connectivity index (χ2v) is 7.14. The topological polar surface area (TPSA) is 97.9 Å². The molecule has 0 radical (unpaired) electrons. The van der Waals surface area contributed by atoms with Gasteiger partial charge in [0.2, 0.25) is 0 Å². The summed E-state index contributed by atoms with van der Waals surface area (Å²) in [4.78, 5) is 28.2. The van der Waals surface area contributed by atoms with Gasteiger partial charge in [-0.1, -0.05) is 30.3 Å². The van der Waals surface area contributed by atoms with Crippen LogP contribution in [0.2, 0.25) is 0 Å². The smallest absolute Gasteiger partial charge is 0.331 e. The number of ketones is 1. The molecule has 0 aliphatic heterocycles. The lowest BCUT2D eigenvalue weighted by Crippen LogP contribution is -2.19. The third-order valence-corrected chi connectivity index (χ3v) is 4.97. The molecule has 7 nitrogen and oxygen atoms in total. The van der Waals surface area contributed by atoms with Crippen LogP contribution >= 0.6 is 11.3 Å². The van der Waals surface area contributed by atoms with Crippen LogP contribution in [0.25, 0.3) is 6.08 Å². The first-order valence-electron chi connectivity index (χ1n) is 8.80. The summed E-state index contributed by atoms with van der Waals surface area (Å²) in [7, 11) is 0. The molecule has 0 N–H and O–H groups in total. The monoisotopic (exact) mass is 406 g/mol. The van der Waals surface area contributed by atoms with E-state index in [4.69, 9.17) is 4.74 Å². The number of aryl methyl sites for hydroxylation is 1. The molecule has 0 aliphatic rings. The van der Waals surface area contributed by atoms with Crippen molar-refractivity contribution >= 4 is 29.2 Å². The Hall–Kier alpha value is -3.57. The van der Waals surface area contributed by atoms with E-state index in [1.807, 2.05) is 36.4 Å². The third kappa shape index (κ3) is 5.70. The minimum Gasteiger partial charge on any atom is -0.454 e. The number of hydrogen-bond donors (Lipinski definition) is 0. The molecule has 8 heteroatoms. The molecule has 0 saturated carbocycles. The lowest BCUT2D eigenvalue weighted by atomic mass is 10.1. The Kier molecular flexibility index (Phi) is 6.66. The number of benzene rings is 1. The summed E-state index contributed by atoms with van der Waals surface area (Å²) in [6, 6.07) is 11.8. The third-order valence-electron chi connectivity index (χ3n) is 3.94.